The molecule has 652 valence electrons. The maximum Gasteiger partial charge on any atom is 0.160 e. The summed E-state index contributed by atoms with van der Waals surface area (Å²) in [5, 5.41) is 17.6. The van der Waals surface area contributed by atoms with E-state index in [0.717, 1.165) is 224 Å². The smallest absolute Gasteiger partial charge is 0.160 e. The number of para-hydroxylation sites is 11. The van der Waals surface area contributed by atoms with Crippen LogP contribution in [0.2, 0.25) is 0 Å². The molecule has 140 heavy (non-hydrogen) atoms. The molecular formula is C128H80N12. The number of aryl methyl sites for hydroxylation is 1. The molecule has 0 radical (unpaired) electrons. The van der Waals surface area contributed by atoms with E-state index in [1.165, 1.54) is 59.7 Å². The minimum atomic E-state index is 0.581. The molecule has 11 aromatic heterocycles. The monoisotopic (exact) mass is 1780 g/mol. The molecule has 12 nitrogen and oxygen atoms in total. The van der Waals surface area contributed by atoms with Crippen LogP contribution in [-0.4, -0.2) is 56.5 Å². The number of benzene rings is 18. The van der Waals surface area contributed by atoms with Crippen molar-refractivity contribution in [3.8, 4) is 102 Å². The SMILES string of the molecule is C1=Cc2c(c3cc4c5ccccc5n(-c5ccncc5-c5cc(-c6cc(-c7ccc(-n8c9ccccc9c9cc%10c%11ccccc%11n(-c%11ccccc%11)c%10cc98)c(-c8cnccc8-n8c9ccccc9c9cc%10c%11ccccc%11n(-c%11ccccc%11)c%10cc98)c7)nc(-c7ccccc7)n6)ccc5-n5c6ccccc6c6cc7c8ccccc8n(-c8ccccc8)c7cc65)c4cc3n2-c2ccccc2)CC1. The lowest BCUT2D eigenvalue weighted by molar-refractivity contribution is 0.967. The van der Waals surface area contributed by atoms with Crippen LogP contribution >= 0.6 is 0 Å². The second kappa shape index (κ2) is 30.4. The largest absolute Gasteiger partial charge is 0.310 e. The van der Waals surface area contributed by atoms with Gasteiger partial charge in [-0.1, -0.05) is 249 Å². The van der Waals surface area contributed by atoms with Crippen LogP contribution in [-0.2, 0) is 6.42 Å². The third kappa shape index (κ3) is 11.5. The van der Waals surface area contributed by atoms with Crippen LogP contribution in [0.25, 0.3) is 271 Å². The molecular weight excluding hydrogens is 1710 g/mol. The average Bonchev–Trinajstić information content (AvgIpc) is 1.56. The van der Waals surface area contributed by atoms with Gasteiger partial charge in [0, 0.05) is 173 Å². The standard InChI is InChI=1S/C128H80N12/c1-6-32-79(33-7-1)128-131-106(80-58-60-116(137-112-54-28-20-46-90(112)100-68-96-86-42-16-24-50-108(86)133(120(96)73-124(100)137)82-34-8-2-9-35-82)94(66-80)104-77-129-64-62-118(104)139-114-56-30-22-48-92(114)102-70-98-88-44-18-26-52-110(88)135(122(98)75-126(102)139)84-38-12-4-13-39-84)72-107(132-128)81-59-61-117(138-113-55-29-21-47-91(113)101-69-97-87-43-17-25-51-109(87)134(121(97)74-125(101)138)83-36-10-3-11-37-83)95(67-81)105-78-130-65-63-119(105)140-115-57-31-23-49-93(115)103-71-99-89-45-19-27-53-111(89)136(123(99)76-127(103)140)85-40-14-5-15-41-85/h1-18,20-44,46-78H,19,45H2. The predicted octanol–water partition coefficient (Wildman–Crippen LogP) is 32.2. The van der Waals surface area contributed by atoms with Gasteiger partial charge in [-0.05, 0) is 206 Å². The molecule has 30 rings (SSSR count). The molecule has 0 unspecified atom stereocenters. The number of hydrogen-bond donors (Lipinski definition) is 0. The number of nitrogens with zero attached hydrogens (tertiary/aromatic N) is 12. The lowest BCUT2D eigenvalue weighted by Crippen LogP contribution is -2.04. The molecule has 0 bridgehead atoms. The Morgan fingerprint density at radius 1 is 0.193 bits per heavy atom. The molecule has 0 spiro atoms. The van der Waals surface area contributed by atoms with Gasteiger partial charge in [-0.3, -0.25) is 9.97 Å². The van der Waals surface area contributed by atoms with E-state index in [-0.39, 0.29) is 0 Å². The lowest BCUT2D eigenvalue weighted by atomic mass is 9.96. The van der Waals surface area contributed by atoms with E-state index < -0.39 is 0 Å². The first-order valence-electron chi connectivity index (χ1n) is 48.0. The Kier molecular flexibility index (Phi) is 16.8. The van der Waals surface area contributed by atoms with Crippen molar-refractivity contribution in [3.63, 3.8) is 0 Å². The van der Waals surface area contributed by atoms with E-state index in [4.69, 9.17) is 19.9 Å². The molecule has 0 aliphatic heterocycles. The van der Waals surface area contributed by atoms with Gasteiger partial charge < -0.3 is 36.5 Å². The normalized spacial score (nSPS) is 12.5. The van der Waals surface area contributed by atoms with Crippen LogP contribution in [0.1, 0.15) is 17.7 Å². The highest BCUT2D eigenvalue weighted by Gasteiger charge is 2.31. The van der Waals surface area contributed by atoms with Crippen molar-refractivity contribution in [2.75, 3.05) is 0 Å². The maximum atomic E-state index is 5.84. The molecule has 0 saturated heterocycles. The summed E-state index contributed by atoms with van der Waals surface area (Å²) >= 11 is 0. The summed E-state index contributed by atoms with van der Waals surface area (Å²) in [6, 6.07) is 156. The maximum absolute atomic E-state index is 5.84. The van der Waals surface area contributed by atoms with E-state index in [1.807, 2.05) is 12.4 Å². The topological polar surface area (TPSA) is 91.0 Å². The molecule has 0 fully saturated rings. The van der Waals surface area contributed by atoms with Gasteiger partial charge in [0.1, 0.15) is 0 Å². The fourth-order valence-electron chi connectivity index (χ4n) is 23.7. The summed E-state index contributed by atoms with van der Waals surface area (Å²) < 4.78 is 19.8. The van der Waals surface area contributed by atoms with Gasteiger partial charge in [-0.25, -0.2) is 9.97 Å². The van der Waals surface area contributed by atoms with Gasteiger partial charge in [-0.15, -0.1) is 0 Å². The minimum Gasteiger partial charge on any atom is -0.310 e. The number of hydrogen-bond acceptors (Lipinski definition) is 4. The van der Waals surface area contributed by atoms with Crippen LogP contribution in [0.15, 0.2) is 456 Å². The Morgan fingerprint density at radius 2 is 0.471 bits per heavy atom. The summed E-state index contributed by atoms with van der Waals surface area (Å²) in [5.41, 5.74) is 35.3. The van der Waals surface area contributed by atoms with Gasteiger partial charge in [0.15, 0.2) is 5.82 Å². The molecule has 29 aromatic rings. The fourth-order valence-corrected chi connectivity index (χ4v) is 23.7. The van der Waals surface area contributed by atoms with Gasteiger partial charge >= 0.3 is 0 Å². The second-order valence-corrected chi connectivity index (χ2v) is 37.1. The van der Waals surface area contributed by atoms with Crippen LogP contribution in [0.4, 0.5) is 0 Å². The van der Waals surface area contributed by atoms with E-state index >= 15 is 0 Å². The van der Waals surface area contributed by atoms with Crippen molar-refractivity contribution in [1.29, 1.82) is 0 Å². The van der Waals surface area contributed by atoms with Crippen molar-refractivity contribution in [1.82, 2.24) is 56.5 Å². The van der Waals surface area contributed by atoms with E-state index in [1.54, 1.807) is 0 Å². The molecule has 11 heterocycles. The quantitative estimate of drug-likeness (QED) is 0.115. The first-order chi connectivity index (χ1) is 69.5. The third-order valence-electron chi connectivity index (χ3n) is 29.7. The number of allylic oxidation sites excluding steroid dienone is 1. The fraction of sp³-hybridized carbons (Fsp3) is 0.0156. The van der Waals surface area contributed by atoms with Crippen molar-refractivity contribution in [2.24, 2.45) is 0 Å². The zero-order valence-electron chi connectivity index (χ0n) is 75.7. The molecule has 0 saturated carbocycles. The number of rotatable bonds is 13. The van der Waals surface area contributed by atoms with E-state index in [9.17, 15) is 0 Å². The second-order valence-electron chi connectivity index (χ2n) is 37.1. The van der Waals surface area contributed by atoms with E-state index in [2.05, 4.69) is 486 Å². The lowest BCUT2D eigenvalue weighted by Gasteiger charge is -2.20. The Hall–Kier alpha value is -18.8. The van der Waals surface area contributed by atoms with Crippen molar-refractivity contribution >= 4 is 170 Å². The highest BCUT2D eigenvalue weighted by molar-refractivity contribution is 6.24. The Bertz CT molecular complexity index is 10300. The van der Waals surface area contributed by atoms with Crippen LogP contribution in [0, 0.1) is 0 Å². The average molecular weight is 1790 g/mol. The molecule has 18 aromatic carbocycles. The molecule has 1 aliphatic rings. The van der Waals surface area contributed by atoms with Crippen molar-refractivity contribution in [2.45, 2.75) is 12.8 Å². The first-order valence-corrected chi connectivity index (χ1v) is 48.0. The van der Waals surface area contributed by atoms with Gasteiger partial charge in [0.05, 0.1) is 117 Å². The Balaban J connectivity index is 0.685. The van der Waals surface area contributed by atoms with Gasteiger partial charge in [0.2, 0.25) is 0 Å². The zero-order valence-corrected chi connectivity index (χ0v) is 75.7. The highest BCUT2D eigenvalue weighted by Crippen LogP contribution is 2.51. The molecule has 0 N–H and O–H groups in total. The Labute approximate surface area is 801 Å². The first kappa shape index (κ1) is 77.6. The molecule has 0 atom stereocenters. The van der Waals surface area contributed by atoms with Crippen LogP contribution < -0.4 is 0 Å². The summed E-state index contributed by atoms with van der Waals surface area (Å²) in [5.74, 6) is 0.581. The number of aromatic nitrogens is 12. The number of fused-ring (bicyclic) bond motifs is 24. The summed E-state index contributed by atoms with van der Waals surface area (Å²) in [6.07, 6.45) is 14.7. The Morgan fingerprint density at radius 3 is 0.814 bits per heavy atom. The van der Waals surface area contributed by atoms with Crippen molar-refractivity contribution in [3.05, 3.63) is 467 Å². The zero-order chi connectivity index (χ0) is 91.5. The number of pyridine rings is 2. The summed E-state index contributed by atoms with van der Waals surface area (Å²) in [4.78, 5) is 22.2. The molecule has 12 heteroatoms. The summed E-state index contributed by atoms with van der Waals surface area (Å²) in [7, 11) is 0. The third-order valence-corrected chi connectivity index (χ3v) is 29.7. The van der Waals surface area contributed by atoms with Crippen LogP contribution in [0.3, 0.4) is 0 Å². The summed E-state index contributed by atoms with van der Waals surface area (Å²) in [6.45, 7) is 0. The van der Waals surface area contributed by atoms with Gasteiger partial charge in [0.25, 0.3) is 0 Å². The minimum absolute atomic E-state index is 0.581. The molecule has 1 aliphatic carbocycles. The van der Waals surface area contributed by atoms with E-state index in [0.29, 0.717) is 5.82 Å². The van der Waals surface area contributed by atoms with Gasteiger partial charge in [-0.2, -0.15) is 0 Å². The highest BCUT2D eigenvalue weighted by atomic mass is 15.1. The predicted molar refractivity (Wildman–Crippen MR) is 579 cm³/mol. The van der Waals surface area contributed by atoms with Crippen molar-refractivity contribution < 1.29 is 0 Å². The molecule has 0 amide bonds. The van der Waals surface area contributed by atoms with Crippen LogP contribution in [0.5, 0.6) is 0 Å².